The zero-order valence-corrected chi connectivity index (χ0v) is 12.2. The lowest BCUT2D eigenvalue weighted by atomic mass is 9.98. The quantitative estimate of drug-likeness (QED) is 0.626. The van der Waals surface area contributed by atoms with Crippen molar-refractivity contribution in [2.75, 3.05) is 13.1 Å². The number of non-ortho nitro benzene ring substituents is 1. The number of piperidine rings is 1. The topological polar surface area (TPSA) is 107 Å². The second-order valence-corrected chi connectivity index (χ2v) is 5.57. The van der Waals surface area contributed by atoms with E-state index in [0.29, 0.717) is 19.0 Å². The van der Waals surface area contributed by atoms with Crippen molar-refractivity contribution in [2.45, 2.75) is 26.2 Å². The molecule has 118 valence electrons. The van der Waals surface area contributed by atoms with E-state index in [9.17, 15) is 25.0 Å². The number of carbonyl (C=O) groups excluding carboxylic acids is 1. The molecule has 1 aromatic carbocycles. The predicted octanol–water partition coefficient (Wildman–Crippen LogP) is 2.30. The van der Waals surface area contributed by atoms with Crippen molar-refractivity contribution in [1.82, 2.24) is 4.90 Å². The third-order valence-electron chi connectivity index (χ3n) is 3.95. The van der Waals surface area contributed by atoms with Crippen LogP contribution in [-0.4, -0.2) is 33.7 Å². The standard InChI is InChI=1S/C14H17N3O5/c1-10-4-6-15(7-5-10)14(18)8-11-2-3-12(16(19)20)9-13(11)17(21)22/h2-3,9-10H,4-8H2,1H3. The maximum atomic E-state index is 12.2. The number of likely N-dealkylation sites (tertiary alicyclic amines) is 1. The molecule has 0 radical (unpaired) electrons. The number of nitrogens with zero attached hydrogens (tertiary/aromatic N) is 3. The minimum atomic E-state index is -0.690. The normalized spacial score (nSPS) is 15.6. The van der Waals surface area contributed by atoms with E-state index in [2.05, 4.69) is 6.92 Å². The van der Waals surface area contributed by atoms with Gasteiger partial charge in [-0.1, -0.05) is 6.92 Å². The Kier molecular flexibility index (Phi) is 4.69. The Hall–Kier alpha value is -2.51. The highest BCUT2D eigenvalue weighted by Gasteiger charge is 2.25. The Morgan fingerprint density at radius 3 is 2.41 bits per heavy atom. The highest BCUT2D eigenvalue weighted by atomic mass is 16.6. The molecule has 0 saturated carbocycles. The SMILES string of the molecule is CC1CCN(C(=O)Cc2ccc([N+](=O)[O-])cc2[N+](=O)[O-])CC1. The van der Waals surface area contributed by atoms with Gasteiger partial charge in [-0.2, -0.15) is 0 Å². The maximum absolute atomic E-state index is 12.2. The molecule has 22 heavy (non-hydrogen) atoms. The summed E-state index contributed by atoms with van der Waals surface area (Å²) in [6, 6.07) is 3.38. The number of rotatable bonds is 4. The van der Waals surface area contributed by atoms with Crippen LogP contribution in [0.5, 0.6) is 0 Å². The van der Waals surface area contributed by atoms with Crippen molar-refractivity contribution in [3.8, 4) is 0 Å². The van der Waals surface area contributed by atoms with E-state index in [1.807, 2.05) is 0 Å². The van der Waals surface area contributed by atoms with Crippen molar-refractivity contribution in [2.24, 2.45) is 5.92 Å². The molecule has 1 heterocycles. The fourth-order valence-corrected chi connectivity index (χ4v) is 2.52. The molecule has 0 aliphatic carbocycles. The van der Waals surface area contributed by atoms with Gasteiger partial charge in [-0.25, -0.2) is 0 Å². The molecule has 1 fully saturated rings. The van der Waals surface area contributed by atoms with Gasteiger partial charge in [0.05, 0.1) is 22.3 Å². The Labute approximate surface area is 127 Å². The molecule has 0 atom stereocenters. The molecule has 0 unspecified atom stereocenters. The van der Waals surface area contributed by atoms with Crippen LogP contribution < -0.4 is 0 Å². The predicted molar refractivity (Wildman–Crippen MR) is 78.4 cm³/mol. The molecule has 0 N–H and O–H groups in total. The van der Waals surface area contributed by atoms with E-state index in [4.69, 9.17) is 0 Å². The van der Waals surface area contributed by atoms with Gasteiger partial charge in [0.1, 0.15) is 0 Å². The molecule has 1 saturated heterocycles. The van der Waals surface area contributed by atoms with Crippen LogP contribution in [0.1, 0.15) is 25.3 Å². The molecule has 0 bridgehead atoms. The number of hydrogen-bond donors (Lipinski definition) is 0. The summed E-state index contributed by atoms with van der Waals surface area (Å²) in [4.78, 5) is 34.3. The van der Waals surface area contributed by atoms with Crippen molar-refractivity contribution in [3.63, 3.8) is 0 Å². The lowest BCUT2D eigenvalue weighted by Gasteiger charge is -2.30. The summed E-state index contributed by atoms with van der Waals surface area (Å²) in [5.74, 6) is 0.404. The third kappa shape index (κ3) is 3.57. The van der Waals surface area contributed by atoms with Crippen LogP contribution in [0.4, 0.5) is 11.4 Å². The monoisotopic (exact) mass is 307 g/mol. The van der Waals surface area contributed by atoms with Crippen molar-refractivity contribution in [3.05, 3.63) is 44.0 Å². The number of hydrogen-bond acceptors (Lipinski definition) is 5. The van der Waals surface area contributed by atoms with Crippen molar-refractivity contribution >= 4 is 17.3 Å². The van der Waals surface area contributed by atoms with Crippen LogP contribution in [0.3, 0.4) is 0 Å². The Morgan fingerprint density at radius 2 is 1.86 bits per heavy atom. The third-order valence-corrected chi connectivity index (χ3v) is 3.95. The number of carbonyl (C=O) groups is 1. The smallest absolute Gasteiger partial charge is 0.279 e. The first-order valence-electron chi connectivity index (χ1n) is 7.08. The lowest BCUT2D eigenvalue weighted by molar-refractivity contribution is -0.394. The first kappa shape index (κ1) is 15.9. The molecular formula is C14H17N3O5. The molecule has 1 amide bonds. The Balaban J connectivity index is 2.16. The van der Waals surface area contributed by atoms with Gasteiger partial charge in [-0.05, 0) is 24.8 Å². The van der Waals surface area contributed by atoms with Gasteiger partial charge in [-0.3, -0.25) is 25.0 Å². The highest BCUT2D eigenvalue weighted by molar-refractivity contribution is 5.80. The summed E-state index contributed by atoms with van der Waals surface area (Å²) < 4.78 is 0. The van der Waals surface area contributed by atoms with Crippen molar-refractivity contribution in [1.29, 1.82) is 0 Å². The van der Waals surface area contributed by atoms with Crippen molar-refractivity contribution < 1.29 is 14.6 Å². The van der Waals surface area contributed by atoms with Crippen LogP contribution in [-0.2, 0) is 11.2 Å². The summed E-state index contributed by atoms with van der Waals surface area (Å²) in [6.45, 7) is 3.44. The van der Waals surface area contributed by atoms with E-state index in [0.717, 1.165) is 18.9 Å². The van der Waals surface area contributed by atoms with Gasteiger partial charge < -0.3 is 4.90 Å². The summed E-state index contributed by atoms with van der Waals surface area (Å²) in [5.41, 5.74) is -0.526. The molecule has 2 rings (SSSR count). The van der Waals surface area contributed by atoms with Crippen LogP contribution >= 0.6 is 0 Å². The molecule has 1 aliphatic rings. The van der Waals surface area contributed by atoms with Gasteiger partial charge >= 0.3 is 0 Å². The first-order valence-corrected chi connectivity index (χ1v) is 7.08. The average Bonchev–Trinajstić information content (AvgIpc) is 2.47. The second kappa shape index (κ2) is 6.50. The second-order valence-electron chi connectivity index (χ2n) is 5.57. The number of amides is 1. The molecule has 0 aromatic heterocycles. The van der Waals surface area contributed by atoms with E-state index in [-0.39, 0.29) is 29.3 Å². The Morgan fingerprint density at radius 1 is 1.23 bits per heavy atom. The van der Waals surface area contributed by atoms with E-state index < -0.39 is 9.85 Å². The van der Waals surface area contributed by atoms with Crippen LogP contribution in [0.15, 0.2) is 18.2 Å². The maximum Gasteiger partial charge on any atom is 0.279 e. The van der Waals surface area contributed by atoms with Crippen LogP contribution in [0.25, 0.3) is 0 Å². The van der Waals surface area contributed by atoms with E-state index in [1.54, 1.807) is 4.90 Å². The van der Waals surface area contributed by atoms with Gasteiger partial charge in [-0.15, -0.1) is 0 Å². The minimum Gasteiger partial charge on any atom is -0.342 e. The van der Waals surface area contributed by atoms with Gasteiger partial charge in [0, 0.05) is 24.7 Å². The molecule has 1 aliphatic heterocycles. The van der Waals surface area contributed by atoms with E-state index >= 15 is 0 Å². The zero-order valence-electron chi connectivity index (χ0n) is 12.2. The van der Waals surface area contributed by atoms with Crippen LogP contribution in [0, 0.1) is 26.1 Å². The van der Waals surface area contributed by atoms with Gasteiger partial charge in [0.25, 0.3) is 11.4 Å². The molecule has 8 heteroatoms. The molecule has 0 spiro atoms. The summed E-state index contributed by atoms with van der Waals surface area (Å²) in [7, 11) is 0. The highest BCUT2D eigenvalue weighted by Crippen LogP contribution is 2.26. The molecule has 1 aromatic rings. The van der Waals surface area contributed by atoms with E-state index in [1.165, 1.54) is 12.1 Å². The van der Waals surface area contributed by atoms with Gasteiger partial charge in [0.2, 0.25) is 5.91 Å². The zero-order chi connectivity index (χ0) is 16.3. The number of nitro benzene ring substituents is 2. The lowest BCUT2D eigenvalue weighted by Crippen LogP contribution is -2.38. The Bertz CT molecular complexity index is 608. The average molecular weight is 307 g/mol. The summed E-state index contributed by atoms with van der Waals surface area (Å²) >= 11 is 0. The minimum absolute atomic E-state index is 0.108. The summed E-state index contributed by atoms with van der Waals surface area (Å²) in [5, 5.41) is 21.8. The fourth-order valence-electron chi connectivity index (χ4n) is 2.52. The summed E-state index contributed by atoms with van der Waals surface area (Å²) in [6.07, 6.45) is 1.74. The fraction of sp³-hybridized carbons (Fsp3) is 0.500. The van der Waals surface area contributed by atoms with Gasteiger partial charge in [0.15, 0.2) is 0 Å². The largest absolute Gasteiger partial charge is 0.342 e. The van der Waals surface area contributed by atoms with Crippen LogP contribution in [0.2, 0.25) is 0 Å². The first-order chi connectivity index (χ1) is 10.4. The molecular weight excluding hydrogens is 290 g/mol. The number of nitro groups is 2. The molecule has 8 nitrogen and oxygen atoms in total. The number of benzene rings is 1.